The zero-order valence-electron chi connectivity index (χ0n) is 10.9. The molecule has 0 aromatic heterocycles. The van der Waals surface area contributed by atoms with Gasteiger partial charge in [-0.25, -0.2) is 4.39 Å². The van der Waals surface area contributed by atoms with Crippen LogP contribution in [0, 0.1) is 0 Å². The topological polar surface area (TPSA) is 12.0 Å². The lowest BCUT2D eigenvalue weighted by molar-refractivity contribution is 0.302. The molecular formula is C14H23ClFN. The normalized spacial score (nSPS) is 17.6. The molecule has 0 spiro atoms. The van der Waals surface area contributed by atoms with Crippen LogP contribution in [0.2, 0.25) is 0 Å². The van der Waals surface area contributed by atoms with Gasteiger partial charge in [0.2, 0.25) is 0 Å². The smallest absolute Gasteiger partial charge is 0.125 e. The fourth-order valence-corrected chi connectivity index (χ4v) is 1.69. The van der Waals surface area contributed by atoms with Gasteiger partial charge in [0.05, 0.1) is 0 Å². The molecule has 0 aliphatic heterocycles. The van der Waals surface area contributed by atoms with Crippen molar-refractivity contribution in [1.82, 2.24) is 5.32 Å². The van der Waals surface area contributed by atoms with Gasteiger partial charge in [-0.15, -0.1) is 12.4 Å². The Kier molecular flexibility index (Phi) is 8.19. The van der Waals surface area contributed by atoms with Crippen LogP contribution in [0.3, 0.4) is 0 Å². The number of alkyl halides is 1. The second kappa shape index (κ2) is 8.48. The minimum absolute atomic E-state index is 0. The summed E-state index contributed by atoms with van der Waals surface area (Å²) in [7, 11) is 1.95. The molecule has 1 nitrogen and oxygen atoms in total. The zero-order chi connectivity index (χ0) is 12.0. The van der Waals surface area contributed by atoms with Crippen molar-refractivity contribution in [3.05, 3.63) is 35.4 Å². The number of rotatable bonds is 1. The minimum atomic E-state index is -0.708. The summed E-state index contributed by atoms with van der Waals surface area (Å²) in [6, 6.07) is 8.46. The molecule has 17 heavy (non-hydrogen) atoms. The monoisotopic (exact) mass is 259 g/mol. The van der Waals surface area contributed by atoms with Gasteiger partial charge in [0.15, 0.2) is 0 Å². The third-order valence-corrected chi connectivity index (χ3v) is 2.87. The fraction of sp³-hybridized carbons (Fsp3) is 0.571. The van der Waals surface area contributed by atoms with E-state index in [-0.39, 0.29) is 12.4 Å². The lowest BCUT2D eigenvalue weighted by Gasteiger charge is -2.18. The lowest BCUT2D eigenvalue weighted by Crippen LogP contribution is -2.15. The third kappa shape index (κ3) is 5.51. The fourth-order valence-electron chi connectivity index (χ4n) is 1.69. The van der Waals surface area contributed by atoms with E-state index in [2.05, 4.69) is 19.2 Å². The van der Waals surface area contributed by atoms with E-state index in [4.69, 9.17) is 0 Å². The summed E-state index contributed by atoms with van der Waals surface area (Å²) in [5.74, 6) is 0. The molecule has 1 aliphatic rings. The van der Waals surface area contributed by atoms with Crippen LogP contribution in [-0.2, 0) is 6.42 Å². The number of halogens is 2. The molecule has 98 valence electrons. The van der Waals surface area contributed by atoms with Gasteiger partial charge in [0.1, 0.15) is 6.17 Å². The standard InChI is InChI=1S/C10H11F.C4H11N.ClH/c11-10-7-3-5-8-4-1-2-6-9(8)10;1-4(2)5-3;/h1-2,4,6,10H,3,5,7H2;4-5H,1-3H3;1H. The Hall–Kier alpha value is -0.600. The molecule has 0 amide bonds. The van der Waals surface area contributed by atoms with Crippen LogP contribution in [-0.4, -0.2) is 13.1 Å². The van der Waals surface area contributed by atoms with Gasteiger partial charge >= 0.3 is 0 Å². The van der Waals surface area contributed by atoms with Crippen molar-refractivity contribution < 1.29 is 4.39 Å². The summed E-state index contributed by atoms with van der Waals surface area (Å²) in [5.41, 5.74) is 2.12. The van der Waals surface area contributed by atoms with Crippen molar-refractivity contribution in [2.75, 3.05) is 7.05 Å². The van der Waals surface area contributed by atoms with Gasteiger partial charge in [-0.1, -0.05) is 38.1 Å². The summed E-state index contributed by atoms with van der Waals surface area (Å²) >= 11 is 0. The van der Waals surface area contributed by atoms with Gasteiger partial charge in [-0.05, 0) is 37.4 Å². The van der Waals surface area contributed by atoms with Crippen molar-refractivity contribution >= 4 is 12.4 Å². The molecule has 1 aromatic carbocycles. The lowest BCUT2D eigenvalue weighted by atomic mass is 9.90. The van der Waals surface area contributed by atoms with Crippen molar-refractivity contribution in [3.63, 3.8) is 0 Å². The largest absolute Gasteiger partial charge is 0.318 e. The number of hydrogen-bond donors (Lipinski definition) is 1. The molecule has 0 fully saturated rings. The predicted molar refractivity (Wildman–Crippen MR) is 74.7 cm³/mol. The Balaban J connectivity index is 0.000000373. The second-order valence-corrected chi connectivity index (χ2v) is 4.50. The maximum absolute atomic E-state index is 13.2. The number of nitrogens with one attached hydrogen (secondary N) is 1. The molecule has 0 saturated carbocycles. The zero-order valence-corrected chi connectivity index (χ0v) is 11.7. The molecule has 1 unspecified atom stereocenters. The average Bonchev–Trinajstić information content (AvgIpc) is 2.30. The van der Waals surface area contributed by atoms with Crippen molar-refractivity contribution in [3.8, 4) is 0 Å². The van der Waals surface area contributed by atoms with E-state index in [0.29, 0.717) is 12.5 Å². The first-order chi connectivity index (χ1) is 7.65. The number of hydrogen-bond acceptors (Lipinski definition) is 1. The van der Waals surface area contributed by atoms with Crippen LogP contribution < -0.4 is 5.32 Å². The molecule has 3 heteroatoms. The molecule has 1 aromatic rings. The highest BCUT2D eigenvalue weighted by Gasteiger charge is 2.17. The van der Waals surface area contributed by atoms with Gasteiger partial charge in [-0.3, -0.25) is 0 Å². The summed E-state index contributed by atoms with van der Waals surface area (Å²) in [6.45, 7) is 4.22. The molecular weight excluding hydrogens is 237 g/mol. The first-order valence-electron chi connectivity index (χ1n) is 6.04. The van der Waals surface area contributed by atoms with Gasteiger partial charge in [0, 0.05) is 6.04 Å². The quantitative estimate of drug-likeness (QED) is 0.802. The number of aryl methyl sites for hydroxylation is 1. The third-order valence-electron chi connectivity index (χ3n) is 2.87. The molecule has 0 saturated heterocycles. The number of benzene rings is 1. The van der Waals surface area contributed by atoms with Crippen LogP contribution in [0.1, 0.15) is 44.0 Å². The molecule has 0 heterocycles. The van der Waals surface area contributed by atoms with Gasteiger partial charge in [0.25, 0.3) is 0 Å². The minimum Gasteiger partial charge on any atom is -0.318 e. The van der Waals surface area contributed by atoms with E-state index in [0.717, 1.165) is 18.4 Å². The second-order valence-electron chi connectivity index (χ2n) is 4.50. The Labute approximate surface area is 110 Å². The van der Waals surface area contributed by atoms with Crippen LogP contribution in [0.4, 0.5) is 4.39 Å². The first-order valence-corrected chi connectivity index (χ1v) is 6.04. The Morgan fingerprint density at radius 3 is 2.41 bits per heavy atom. The Bertz CT molecular complexity index is 315. The molecule has 0 radical (unpaired) electrons. The summed E-state index contributed by atoms with van der Waals surface area (Å²) in [6.07, 6.45) is 2.05. The molecule has 2 rings (SSSR count). The van der Waals surface area contributed by atoms with E-state index < -0.39 is 6.17 Å². The van der Waals surface area contributed by atoms with Gasteiger partial charge < -0.3 is 5.32 Å². The van der Waals surface area contributed by atoms with Crippen LogP contribution in [0.25, 0.3) is 0 Å². The summed E-state index contributed by atoms with van der Waals surface area (Å²) in [5, 5.41) is 3.03. The summed E-state index contributed by atoms with van der Waals surface area (Å²) in [4.78, 5) is 0. The van der Waals surface area contributed by atoms with E-state index in [1.54, 1.807) is 0 Å². The van der Waals surface area contributed by atoms with E-state index in [9.17, 15) is 4.39 Å². The molecule has 1 atom stereocenters. The maximum atomic E-state index is 13.2. The molecule has 1 aliphatic carbocycles. The molecule has 1 N–H and O–H groups in total. The van der Waals surface area contributed by atoms with E-state index in [1.807, 2.05) is 31.3 Å². The highest BCUT2D eigenvalue weighted by atomic mass is 35.5. The first kappa shape index (κ1) is 16.4. The van der Waals surface area contributed by atoms with E-state index in [1.165, 1.54) is 5.56 Å². The van der Waals surface area contributed by atoms with Crippen LogP contribution in [0.15, 0.2) is 24.3 Å². The SMILES string of the molecule is CNC(C)C.Cl.FC1CCCc2ccccc21. The number of fused-ring (bicyclic) bond motifs is 1. The maximum Gasteiger partial charge on any atom is 0.125 e. The van der Waals surface area contributed by atoms with Crippen LogP contribution >= 0.6 is 12.4 Å². The van der Waals surface area contributed by atoms with Gasteiger partial charge in [-0.2, -0.15) is 0 Å². The Morgan fingerprint density at radius 1 is 1.29 bits per heavy atom. The van der Waals surface area contributed by atoms with Crippen molar-refractivity contribution in [2.24, 2.45) is 0 Å². The summed E-state index contributed by atoms with van der Waals surface area (Å²) < 4.78 is 13.2. The van der Waals surface area contributed by atoms with Crippen molar-refractivity contribution in [1.29, 1.82) is 0 Å². The van der Waals surface area contributed by atoms with Crippen molar-refractivity contribution in [2.45, 2.75) is 45.3 Å². The van der Waals surface area contributed by atoms with Crippen LogP contribution in [0.5, 0.6) is 0 Å². The van der Waals surface area contributed by atoms with E-state index >= 15 is 0 Å². The Morgan fingerprint density at radius 2 is 1.88 bits per heavy atom. The highest BCUT2D eigenvalue weighted by Crippen LogP contribution is 2.31. The highest BCUT2D eigenvalue weighted by molar-refractivity contribution is 5.85. The average molecular weight is 260 g/mol. The molecule has 0 bridgehead atoms. The predicted octanol–water partition coefficient (Wildman–Crippen LogP) is 4.07.